The summed E-state index contributed by atoms with van der Waals surface area (Å²) in [6.07, 6.45) is -2.81. The zero-order valence-electron chi connectivity index (χ0n) is 7.38. The van der Waals surface area contributed by atoms with Gasteiger partial charge >= 0.3 is 5.97 Å². The van der Waals surface area contributed by atoms with Crippen molar-refractivity contribution in [1.82, 2.24) is 4.98 Å². The third kappa shape index (κ3) is 2.40. The molecule has 1 rings (SSSR count). The molecule has 15 heavy (non-hydrogen) atoms. The van der Waals surface area contributed by atoms with E-state index in [9.17, 15) is 13.6 Å². The van der Waals surface area contributed by atoms with Crippen molar-refractivity contribution in [3.63, 3.8) is 0 Å². The van der Waals surface area contributed by atoms with Crippen LogP contribution in [0.3, 0.4) is 0 Å². The SMILES string of the molecule is NCc1cc(C(F)F)c(Cl)nc1C(=O)O. The molecule has 0 unspecified atom stereocenters. The molecule has 0 saturated heterocycles. The van der Waals surface area contributed by atoms with Gasteiger partial charge in [0.05, 0.1) is 5.56 Å². The fraction of sp³-hybridized carbons (Fsp3) is 0.250. The number of pyridine rings is 1. The van der Waals surface area contributed by atoms with Gasteiger partial charge in [0.25, 0.3) is 6.43 Å². The van der Waals surface area contributed by atoms with E-state index < -0.39 is 28.8 Å². The zero-order valence-corrected chi connectivity index (χ0v) is 8.13. The molecule has 4 nitrogen and oxygen atoms in total. The maximum atomic E-state index is 12.4. The number of carboxylic acids is 1. The fourth-order valence-electron chi connectivity index (χ4n) is 1.04. The largest absolute Gasteiger partial charge is 0.477 e. The Hall–Kier alpha value is -1.27. The molecule has 1 heterocycles. The minimum atomic E-state index is -2.81. The van der Waals surface area contributed by atoms with Gasteiger partial charge in [-0.25, -0.2) is 18.6 Å². The summed E-state index contributed by atoms with van der Waals surface area (Å²) in [5, 5.41) is 8.17. The van der Waals surface area contributed by atoms with Gasteiger partial charge < -0.3 is 10.8 Å². The minimum Gasteiger partial charge on any atom is -0.477 e. The van der Waals surface area contributed by atoms with Crippen LogP contribution in [0.4, 0.5) is 8.78 Å². The maximum absolute atomic E-state index is 12.4. The molecule has 0 amide bonds. The standard InChI is InChI=1S/C8H7ClF2N2O2/c9-6-4(7(10)11)1-3(2-12)5(13-6)8(14)15/h1,7H,2,12H2,(H,14,15). The molecular formula is C8H7ClF2N2O2. The van der Waals surface area contributed by atoms with Gasteiger partial charge in [-0.05, 0) is 11.6 Å². The van der Waals surface area contributed by atoms with Crippen molar-refractivity contribution in [3.8, 4) is 0 Å². The number of hydrogen-bond acceptors (Lipinski definition) is 3. The third-order valence-electron chi connectivity index (χ3n) is 1.74. The second kappa shape index (κ2) is 4.50. The van der Waals surface area contributed by atoms with Crippen LogP contribution in [0.1, 0.15) is 28.0 Å². The van der Waals surface area contributed by atoms with E-state index >= 15 is 0 Å². The van der Waals surface area contributed by atoms with Crippen LogP contribution < -0.4 is 5.73 Å². The molecule has 0 bridgehead atoms. The van der Waals surface area contributed by atoms with E-state index in [1.165, 1.54) is 0 Å². The van der Waals surface area contributed by atoms with Crippen LogP contribution >= 0.6 is 11.6 Å². The third-order valence-corrected chi connectivity index (χ3v) is 2.04. The second-order valence-electron chi connectivity index (χ2n) is 2.69. The Morgan fingerprint density at radius 3 is 2.67 bits per heavy atom. The number of nitrogens with two attached hydrogens (primary N) is 1. The first-order valence-electron chi connectivity index (χ1n) is 3.88. The first-order chi connectivity index (χ1) is 6.97. The summed E-state index contributed by atoms with van der Waals surface area (Å²) in [6.45, 7) is -0.189. The first kappa shape index (κ1) is 11.8. The number of alkyl halides is 2. The number of halogens is 3. The normalized spacial score (nSPS) is 10.7. The van der Waals surface area contributed by atoms with Crippen molar-refractivity contribution in [3.05, 3.63) is 28.0 Å². The Morgan fingerprint density at radius 2 is 2.27 bits per heavy atom. The number of aromatic carboxylic acids is 1. The average molecular weight is 237 g/mol. The van der Waals surface area contributed by atoms with E-state index in [2.05, 4.69) is 4.98 Å². The van der Waals surface area contributed by atoms with Gasteiger partial charge in [-0.3, -0.25) is 0 Å². The Bertz CT molecular complexity index is 398. The number of nitrogens with zero attached hydrogens (tertiary/aromatic N) is 1. The topological polar surface area (TPSA) is 76.2 Å². The van der Waals surface area contributed by atoms with Crippen LogP contribution in [0.5, 0.6) is 0 Å². The van der Waals surface area contributed by atoms with Gasteiger partial charge in [-0.15, -0.1) is 0 Å². The summed E-state index contributed by atoms with van der Waals surface area (Å²) in [5.74, 6) is -1.35. The lowest BCUT2D eigenvalue weighted by Gasteiger charge is -2.07. The Kier molecular flexibility index (Phi) is 3.54. The molecule has 0 aliphatic carbocycles. The summed E-state index contributed by atoms with van der Waals surface area (Å²) < 4.78 is 24.7. The van der Waals surface area contributed by atoms with Gasteiger partial charge in [0.1, 0.15) is 5.15 Å². The molecule has 0 fully saturated rings. The molecule has 0 aromatic carbocycles. The van der Waals surface area contributed by atoms with E-state index in [0.29, 0.717) is 0 Å². The number of carbonyl (C=O) groups is 1. The van der Waals surface area contributed by atoms with Gasteiger partial charge in [0.15, 0.2) is 5.69 Å². The first-order valence-corrected chi connectivity index (χ1v) is 4.26. The number of hydrogen-bond donors (Lipinski definition) is 2. The predicted octanol–water partition coefficient (Wildman–Crippen LogP) is 1.83. The second-order valence-corrected chi connectivity index (χ2v) is 3.04. The molecule has 3 N–H and O–H groups in total. The summed E-state index contributed by atoms with van der Waals surface area (Å²) in [7, 11) is 0. The van der Waals surface area contributed by atoms with Crippen LogP contribution in [-0.4, -0.2) is 16.1 Å². The number of aromatic nitrogens is 1. The van der Waals surface area contributed by atoms with Gasteiger partial charge in [0, 0.05) is 6.54 Å². The Morgan fingerprint density at radius 1 is 1.67 bits per heavy atom. The van der Waals surface area contributed by atoms with E-state index in [4.69, 9.17) is 22.4 Å². The van der Waals surface area contributed by atoms with Gasteiger partial charge in [0.2, 0.25) is 0 Å². The highest BCUT2D eigenvalue weighted by molar-refractivity contribution is 6.30. The molecular weight excluding hydrogens is 230 g/mol. The van der Waals surface area contributed by atoms with Crippen LogP contribution in [0, 0.1) is 0 Å². The van der Waals surface area contributed by atoms with E-state index in [1.807, 2.05) is 0 Å². The zero-order chi connectivity index (χ0) is 11.6. The highest BCUT2D eigenvalue weighted by Crippen LogP contribution is 2.27. The fourth-order valence-corrected chi connectivity index (χ4v) is 1.27. The summed E-state index contributed by atoms with van der Waals surface area (Å²) in [5.41, 5.74) is 4.34. The maximum Gasteiger partial charge on any atom is 0.354 e. The molecule has 0 aliphatic heterocycles. The summed E-state index contributed by atoms with van der Waals surface area (Å²) in [6, 6.07) is 0.962. The molecule has 0 atom stereocenters. The summed E-state index contributed by atoms with van der Waals surface area (Å²) >= 11 is 5.40. The number of rotatable bonds is 3. The monoisotopic (exact) mass is 236 g/mol. The molecule has 0 spiro atoms. The molecule has 82 valence electrons. The van der Waals surface area contributed by atoms with Crippen LogP contribution in [0.15, 0.2) is 6.07 Å². The molecule has 0 saturated carbocycles. The van der Waals surface area contributed by atoms with E-state index in [0.717, 1.165) is 6.07 Å². The quantitative estimate of drug-likeness (QED) is 0.785. The van der Waals surface area contributed by atoms with Crippen molar-refractivity contribution in [1.29, 1.82) is 0 Å². The molecule has 1 aromatic heterocycles. The van der Waals surface area contributed by atoms with Crippen molar-refractivity contribution in [2.75, 3.05) is 0 Å². The lowest BCUT2D eigenvalue weighted by Crippen LogP contribution is -2.11. The smallest absolute Gasteiger partial charge is 0.354 e. The predicted molar refractivity (Wildman–Crippen MR) is 49.1 cm³/mol. The average Bonchev–Trinajstić information content (AvgIpc) is 2.16. The van der Waals surface area contributed by atoms with Gasteiger partial charge in [-0.2, -0.15) is 0 Å². The lowest BCUT2D eigenvalue weighted by molar-refractivity contribution is 0.0688. The summed E-state index contributed by atoms with van der Waals surface area (Å²) in [4.78, 5) is 14.0. The van der Waals surface area contributed by atoms with Gasteiger partial charge in [-0.1, -0.05) is 11.6 Å². The van der Waals surface area contributed by atoms with E-state index in [1.54, 1.807) is 0 Å². The highest BCUT2D eigenvalue weighted by atomic mass is 35.5. The highest BCUT2D eigenvalue weighted by Gasteiger charge is 2.19. The van der Waals surface area contributed by atoms with Crippen molar-refractivity contribution in [2.24, 2.45) is 5.73 Å². The van der Waals surface area contributed by atoms with Crippen LogP contribution in [0.2, 0.25) is 5.15 Å². The van der Waals surface area contributed by atoms with E-state index in [-0.39, 0.29) is 12.1 Å². The number of carboxylic acid groups (broad SMARTS) is 1. The Balaban J connectivity index is 3.35. The molecule has 1 aromatic rings. The van der Waals surface area contributed by atoms with Crippen LogP contribution in [0.25, 0.3) is 0 Å². The van der Waals surface area contributed by atoms with Crippen molar-refractivity contribution in [2.45, 2.75) is 13.0 Å². The van der Waals surface area contributed by atoms with Crippen molar-refractivity contribution < 1.29 is 18.7 Å². The minimum absolute atomic E-state index is 0.0298. The lowest BCUT2D eigenvalue weighted by atomic mass is 10.1. The van der Waals surface area contributed by atoms with Crippen molar-refractivity contribution >= 4 is 17.6 Å². The Labute approximate surface area is 88.7 Å². The molecule has 0 aliphatic rings. The van der Waals surface area contributed by atoms with Crippen LogP contribution in [-0.2, 0) is 6.54 Å². The molecule has 7 heteroatoms. The molecule has 0 radical (unpaired) electrons.